The Labute approximate surface area is 158 Å². The highest BCUT2D eigenvalue weighted by molar-refractivity contribution is 6.30. The fourth-order valence-electron chi connectivity index (χ4n) is 2.99. The number of carbonyl (C=O) groups excluding carboxylic acids is 1. The van der Waals surface area contributed by atoms with Crippen molar-refractivity contribution >= 4 is 29.1 Å². The Morgan fingerprint density at radius 3 is 2.24 bits per heavy atom. The Morgan fingerprint density at radius 1 is 1.08 bits per heavy atom. The molecule has 1 saturated heterocycles. The van der Waals surface area contributed by atoms with Gasteiger partial charge in [0.05, 0.1) is 11.1 Å². The van der Waals surface area contributed by atoms with E-state index in [1.165, 1.54) is 17.7 Å². The quantitative estimate of drug-likeness (QED) is 0.599. The first-order valence-corrected chi connectivity index (χ1v) is 9.12. The van der Waals surface area contributed by atoms with Crippen LogP contribution in [0.3, 0.4) is 0 Å². The Kier molecular flexibility index (Phi) is 7.27. The van der Waals surface area contributed by atoms with Crippen molar-refractivity contribution in [1.29, 1.82) is 0 Å². The average molecular weight is 382 g/mol. The van der Waals surface area contributed by atoms with Gasteiger partial charge in [-0.25, -0.2) is 4.39 Å². The van der Waals surface area contributed by atoms with Crippen molar-refractivity contribution in [2.24, 2.45) is 0 Å². The van der Waals surface area contributed by atoms with Crippen LogP contribution in [0, 0.1) is 5.82 Å². The Bertz CT molecular complexity index is 682. The predicted molar refractivity (Wildman–Crippen MR) is 101 cm³/mol. The van der Waals surface area contributed by atoms with E-state index in [2.05, 4.69) is 13.8 Å². The zero-order valence-corrected chi connectivity index (χ0v) is 15.9. The summed E-state index contributed by atoms with van der Waals surface area (Å²) in [5.74, 6) is -0.0969. The number of hydrogen-bond donors (Lipinski definition) is 0. The maximum Gasteiger partial charge on any atom is 0.223 e. The summed E-state index contributed by atoms with van der Waals surface area (Å²) >= 11 is 11.2. The molecule has 1 aliphatic rings. The van der Waals surface area contributed by atoms with Crippen molar-refractivity contribution in [1.82, 2.24) is 4.90 Å². The van der Waals surface area contributed by atoms with Crippen LogP contribution in [0.5, 0.6) is 0 Å². The molecule has 1 unspecified atom stereocenters. The summed E-state index contributed by atoms with van der Waals surface area (Å²) in [6, 6.07) is 14.4. The van der Waals surface area contributed by atoms with Gasteiger partial charge < -0.3 is 4.90 Å². The number of benzene rings is 2. The number of hydrogen-bond acceptors (Lipinski definition) is 1. The number of likely N-dealkylation sites (tertiary alicyclic amines) is 1. The van der Waals surface area contributed by atoms with Crippen LogP contribution in [-0.4, -0.2) is 16.8 Å². The van der Waals surface area contributed by atoms with Crippen molar-refractivity contribution < 1.29 is 9.18 Å². The standard InChI is InChI=1S/C14H18ClNO.C6H4ClF/c1-10(2)16-13(4-3-5-14(16)17)11-6-8-12(15)9-7-11;7-5-3-1-2-4-6(5)8/h6-10,13H,3-5H2,1-2H3;1-4H. The molecule has 1 amide bonds. The maximum absolute atomic E-state index is 12.2. The van der Waals surface area contributed by atoms with E-state index in [1.54, 1.807) is 12.1 Å². The van der Waals surface area contributed by atoms with Gasteiger partial charge in [0.1, 0.15) is 5.82 Å². The second-order valence-electron chi connectivity index (χ2n) is 6.27. The summed E-state index contributed by atoms with van der Waals surface area (Å²) in [6.07, 6.45) is 2.71. The van der Waals surface area contributed by atoms with Crippen LogP contribution >= 0.6 is 23.2 Å². The van der Waals surface area contributed by atoms with E-state index in [-0.39, 0.29) is 28.8 Å². The molecule has 0 bridgehead atoms. The van der Waals surface area contributed by atoms with Crippen LogP contribution in [0.15, 0.2) is 48.5 Å². The molecule has 0 aliphatic carbocycles. The number of amides is 1. The Morgan fingerprint density at radius 2 is 1.72 bits per heavy atom. The van der Waals surface area contributed by atoms with E-state index in [9.17, 15) is 9.18 Å². The molecular formula is C20H22Cl2FNO. The molecular weight excluding hydrogens is 360 g/mol. The molecule has 1 heterocycles. The first kappa shape index (κ1) is 19.7. The molecule has 25 heavy (non-hydrogen) atoms. The monoisotopic (exact) mass is 381 g/mol. The Hall–Kier alpha value is -1.58. The van der Waals surface area contributed by atoms with Crippen LogP contribution in [0.4, 0.5) is 4.39 Å². The smallest absolute Gasteiger partial charge is 0.223 e. The lowest BCUT2D eigenvalue weighted by atomic mass is 9.93. The zero-order chi connectivity index (χ0) is 18.4. The molecule has 2 aromatic carbocycles. The highest BCUT2D eigenvalue weighted by Crippen LogP contribution is 2.33. The molecule has 0 saturated carbocycles. The minimum absolute atomic E-state index is 0.174. The number of halogens is 3. The molecule has 5 heteroatoms. The largest absolute Gasteiger partial charge is 0.333 e. The topological polar surface area (TPSA) is 20.3 Å². The third kappa shape index (κ3) is 5.45. The molecule has 1 atom stereocenters. The molecule has 2 nitrogen and oxygen atoms in total. The van der Waals surface area contributed by atoms with Crippen LogP contribution in [-0.2, 0) is 4.79 Å². The minimum Gasteiger partial charge on any atom is -0.333 e. The fraction of sp³-hybridized carbons (Fsp3) is 0.350. The third-order valence-electron chi connectivity index (χ3n) is 4.13. The molecule has 2 aromatic rings. The average Bonchev–Trinajstić information content (AvgIpc) is 2.58. The highest BCUT2D eigenvalue weighted by atomic mass is 35.5. The second kappa shape index (κ2) is 9.21. The number of nitrogens with zero attached hydrogens (tertiary/aromatic N) is 1. The zero-order valence-electron chi connectivity index (χ0n) is 14.4. The van der Waals surface area contributed by atoms with E-state index in [0.717, 1.165) is 17.9 Å². The van der Waals surface area contributed by atoms with Gasteiger partial charge in [-0.05, 0) is 56.5 Å². The van der Waals surface area contributed by atoms with E-state index < -0.39 is 0 Å². The summed E-state index contributed by atoms with van der Waals surface area (Å²) in [5.41, 5.74) is 1.19. The SMILES string of the molecule is CC(C)N1C(=O)CCCC1c1ccc(Cl)cc1.Fc1ccccc1Cl. The summed E-state index contributed by atoms with van der Waals surface area (Å²) in [7, 11) is 0. The summed E-state index contributed by atoms with van der Waals surface area (Å²) in [5, 5.41) is 0.916. The van der Waals surface area contributed by atoms with Crippen LogP contribution in [0.2, 0.25) is 10.0 Å². The number of rotatable bonds is 2. The highest BCUT2D eigenvalue weighted by Gasteiger charge is 2.30. The lowest BCUT2D eigenvalue weighted by molar-refractivity contribution is -0.138. The fourth-order valence-corrected chi connectivity index (χ4v) is 3.25. The molecule has 3 rings (SSSR count). The van der Waals surface area contributed by atoms with E-state index in [0.29, 0.717) is 6.42 Å². The summed E-state index contributed by atoms with van der Waals surface area (Å²) in [4.78, 5) is 14.0. The normalized spacial score (nSPS) is 17.3. The molecule has 134 valence electrons. The van der Waals surface area contributed by atoms with Gasteiger partial charge in [-0.2, -0.15) is 0 Å². The predicted octanol–water partition coefficient (Wildman–Crippen LogP) is 6.28. The van der Waals surface area contributed by atoms with Gasteiger partial charge >= 0.3 is 0 Å². The van der Waals surface area contributed by atoms with Crippen molar-refractivity contribution in [3.05, 3.63) is 70.0 Å². The lowest BCUT2D eigenvalue weighted by Crippen LogP contribution is -2.42. The lowest BCUT2D eigenvalue weighted by Gasteiger charge is -2.39. The first-order valence-electron chi connectivity index (χ1n) is 8.36. The Balaban J connectivity index is 0.000000236. The van der Waals surface area contributed by atoms with Gasteiger partial charge in [0.2, 0.25) is 5.91 Å². The van der Waals surface area contributed by atoms with Crippen LogP contribution in [0.25, 0.3) is 0 Å². The minimum atomic E-state index is -0.367. The molecule has 0 N–H and O–H groups in total. The van der Waals surface area contributed by atoms with E-state index >= 15 is 0 Å². The molecule has 1 aliphatic heterocycles. The van der Waals surface area contributed by atoms with Crippen molar-refractivity contribution in [2.75, 3.05) is 0 Å². The number of carbonyl (C=O) groups is 1. The van der Waals surface area contributed by atoms with Crippen molar-refractivity contribution in [2.45, 2.75) is 45.2 Å². The van der Waals surface area contributed by atoms with Gasteiger partial charge in [0.25, 0.3) is 0 Å². The van der Waals surface area contributed by atoms with E-state index in [1.807, 2.05) is 29.2 Å². The van der Waals surface area contributed by atoms with Crippen LogP contribution < -0.4 is 0 Å². The third-order valence-corrected chi connectivity index (χ3v) is 4.69. The molecule has 1 fully saturated rings. The molecule has 0 radical (unpaired) electrons. The second-order valence-corrected chi connectivity index (χ2v) is 7.11. The molecule has 0 spiro atoms. The summed E-state index contributed by atoms with van der Waals surface area (Å²) in [6.45, 7) is 4.15. The van der Waals surface area contributed by atoms with Gasteiger partial charge in [0.15, 0.2) is 0 Å². The van der Waals surface area contributed by atoms with Gasteiger partial charge in [-0.3, -0.25) is 4.79 Å². The summed E-state index contributed by atoms with van der Waals surface area (Å²) < 4.78 is 12.2. The van der Waals surface area contributed by atoms with Gasteiger partial charge in [0, 0.05) is 17.5 Å². The van der Waals surface area contributed by atoms with Crippen LogP contribution in [0.1, 0.15) is 44.7 Å². The maximum atomic E-state index is 12.2. The number of piperidine rings is 1. The van der Waals surface area contributed by atoms with Crippen molar-refractivity contribution in [3.63, 3.8) is 0 Å². The first-order chi connectivity index (χ1) is 11.9. The van der Waals surface area contributed by atoms with Crippen molar-refractivity contribution in [3.8, 4) is 0 Å². The van der Waals surface area contributed by atoms with E-state index in [4.69, 9.17) is 23.2 Å². The van der Waals surface area contributed by atoms with Gasteiger partial charge in [-0.15, -0.1) is 0 Å². The van der Waals surface area contributed by atoms with Gasteiger partial charge in [-0.1, -0.05) is 47.5 Å². The molecule has 0 aromatic heterocycles.